The van der Waals surface area contributed by atoms with Crippen LogP contribution in [0.3, 0.4) is 0 Å². The van der Waals surface area contributed by atoms with Gasteiger partial charge in [0.25, 0.3) is 11.8 Å². The molecule has 0 unspecified atom stereocenters. The van der Waals surface area contributed by atoms with Crippen molar-refractivity contribution in [1.29, 1.82) is 0 Å². The molecule has 1 N–H and O–H groups in total. The van der Waals surface area contributed by atoms with E-state index in [1.165, 1.54) is 18.2 Å². The van der Waals surface area contributed by atoms with Crippen LogP contribution in [-0.2, 0) is 19.6 Å². The lowest BCUT2D eigenvalue weighted by Gasteiger charge is -2.20. The summed E-state index contributed by atoms with van der Waals surface area (Å²) in [5.74, 6) is -0.114. The van der Waals surface area contributed by atoms with Gasteiger partial charge in [-0.15, -0.1) is 0 Å². The maximum absolute atomic E-state index is 13.5. The number of halogens is 1. The largest absolute Gasteiger partial charge is 0.494 e. The zero-order valence-corrected chi connectivity index (χ0v) is 17.9. The number of amides is 2. The second-order valence-corrected chi connectivity index (χ2v) is 7.61. The lowest BCUT2D eigenvalue weighted by molar-refractivity contribution is 0.0745. The lowest BCUT2D eigenvalue weighted by Crippen LogP contribution is -2.30. The number of benzene rings is 2. The second kappa shape index (κ2) is 9.64. The predicted molar refractivity (Wildman–Crippen MR) is 117 cm³/mol. The number of nitrogens with one attached hydrogen (secondary N) is 1. The molecule has 1 aliphatic rings. The van der Waals surface area contributed by atoms with Gasteiger partial charge in [0.15, 0.2) is 5.69 Å². The Balaban J connectivity index is 1.42. The average Bonchev–Trinajstić information content (AvgIpc) is 3.16. The van der Waals surface area contributed by atoms with Crippen molar-refractivity contribution >= 4 is 11.8 Å². The number of carbonyl (C=O) groups excluding carboxylic acids is 2. The van der Waals surface area contributed by atoms with Gasteiger partial charge in [0, 0.05) is 32.2 Å². The van der Waals surface area contributed by atoms with Crippen LogP contribution in [0.15, 0.2) is 54.6 Å². The van der Waals surface area contributed by atoms with Crippen LogP contribution in [0.25, 0.3) is 0 Å². The Morgan fingerprint density at radius 1 is 1.12 bits per heavy atom. The molecule has 0 saturated heterocycles. The Morgan fingerprint density at radius 3 is 2.69 bits per heavy atom. The highest BCUT2D eigenvalue weighted by Crippen LogP contribution is 2.17. The molecule has 0 aliphatic carbocycles. The first-order chi connectivity index (χ1) is 15.5. The summed E-state index contributed by atoms with van der Waals surface area (Å²) >= 11 is 0. The number of rotatable bonds is 7. The van der Waals surface area contributed by atoms with E-state index < -0.39 is 0 Å². The van der Waals surface area contributed by atoms with Crippen LogP contribution < -0.4 is 10.1 Å². The molecule has 1 aromatic heterocycles. The Hall–Kier alpha value is -3.68. The van der Waals surface area contributed by atoms with Crippen LogP contribution in [-0.4, -0.2) is 39.6 Å². The van der Waals surface area contributed by atoms with E-state index in [1.807, 2.05) is 31.2 Å². The molecule has 0 bridgehead atoms. The van der Waals surface area contributed by atoms with Crippen molar-refractivity contribution in [2.75, 3.05) is 13.2 Å². The lowest BCUT2D eigenvalue weighted by atomic mass is 10.2. The first-order valence-electron chi connectivity index (χ1n) is 10.6. The number of fused-ring (bicyclic) bond motifs is 1. The van der Waals surface area contributed by atoms with E-state index in [4.69, 9.17) is 4.74 Å². The molecule has 7 nitrogen and oxygen atoms in total. The smallest absolute Gasteiger partial charge is 0.272 e. The van der Waals surface area contributed by atoms with Gasteiger partial charge in [-0.25, -0.2) is 4.39 Å². The second-order valence-electron chi connectivity index (χ2n) is 7.61. The van der Waals surface area contributed by atoms with Crippen LogP contribution in [0, 0.1) is 5.82 Å². The van der Waals surface area contributed by atoms with Crippen molar-refractivity contribution in [3.63, 3.8) is 0 Å². The van der Waals surface area contributed by atoms with E-state index in [-0.39, 0.29) is 23.3 Å². The molecule has 1 aliphatic heterocycles. The Kier molecular flexibility index (Phi) is 6.49. The van der Waals surface area contributed by atoms with E-state index >= 15 is 0 Å². The van der Waals surface area contributed by atoms with Gasteiger partial charge in [0.05, 0.1) is 6.61 Å². The zero-order chi connectivity index (χ0) is 22.5. The standard InChI is InChI=1S/C24H25FN4O3/c1-2-32-20-9-7-17(8-10-20)15-26-23(30)21-14-22-24(31)28(11-4-12-29(22)27-21)16-18-5-3-6-19(25)13-18/h3,5-10,13-14H,2,4,11-12,15-16H2,1H3,(H,26,30). The van der Waals surface area contributed by atoms with Crippen molar-refractivity contribution in [2.24, 2.45) is 0 Å². The fourth-order valence-corrected chi connectivity index (χ4v) is 3.69. The molecule has 0 radical (unpaired) electrons. The van der Waals surface area contributed by atoms with Gasteiger partial charge in [-0.1, -0.05) is 24.3 Å². The number of aryl methyl sites for hydroxylation is 1. The zero-order valence-electron chi connectivity index (χ0n) is 17.9. The summed E-state index contributed by atoms with van der Waals surface area (Å²) in [5, 5.41) is 7.19. The molecular weight excluding hydrogens is 411 g/mol. The fourth-order valence-electron chi connectivity index (χ4n) is 3.69. The van der Waals surface area contributed by atoms with Crippen molar-refractivity contribution in [1.82, 2.24) is 20.0 Å². The van der Waals surface area contributed by atoms with E-state index in [0.717, 1.165) is 16.9 Å². The molecule has 32 heavy (non-hydrogen) atoms. The molecule has 4 rings (SSSR count). The van der Waals surface area contributed by atoms with Crippen LogP contribution >= 0.6 is 0 Å². The maximum Gasteiger partial charge on any atom is 0.272 e. The van der Waals surface area contributed by atoms with Gasteiger partial charge in [-0.2, -0.15) is 5.10 Å². The third-order valence-electron chi connectivity index (χ3n) is 5.27. The minimum Gasteiger partial charge on any atom is -0.494 e. The molecular formula is C24H25FN4O3. The van der Waals surface area contributed by atoms with Gasteiger partial charge in [0.1, 0.15) is 17.3 Å². The summed E-state index contributed by atoms with van der Waals surface area (Å²) in [5.41, 5.74) is 2.22. The fraction of sp³-hybridized carbons (Fsp3) is 0.292. The van der Waals surface area contributed by atoms with Crippen molar-refractivity contribution in [3.05, 3.63) is 82.9 Å². The molecule has 0 atom stereocenters. The molecule has 2 aromatic carbocycles. The molecule has 3 aromatic rings. The topological polar surface area (TPSA) is 76.5 Å². The van der Waals surface area contributed by atoms with Gasteiger partial charge in [0.2, 0.25) is 0 Å². The maximum atomic E-state index is 13.5. The summed E-state index contributed by atoms with van der Waals surface area (Å²) in [6, 6.07) is 15.2. The molecule has 8 heteroatoms. The van der Waals surface area contributed by atoms with Crippen LogP contribution in [0.4, 0.5) is 4.39 Å². The Morgan fingerprint density at radius 2 is 1.94 bits per heavy atom. The summed E-state index contributed by atoms with van der Waals surface area (Å²) in [4.78, 5) is 27.3. The third kappa shape index (κ3) is 4.96. The van der Waals surface area contributed by atoms with Crippen molar-refractivity contribution < 1.29 is 18.7 Å². The summed E-state index contributed by atoms with van der Waals surface area (Å²) in [6.45, 7) is 4.24. The van der Waals surface area contributed by atoms with Gasteiger partial charge in [-0.05, 0) is 48.7 Å². The molecule has 2 amide bonds. The molecule has 166 valence electrons. The number of aromatic nitrogens is 2. The summed E-state index contributed by atoms with van der Waals surface area (Å²) < 4.78 is 20.5. The van der Waals surface area contributed by atoms with Gasteiger partial charge < -0.3 is 15.0 Å². The monoisotopic (exact) mass is 436 g/mol. The molecule has 0 spiro atoms. The minimum absolute atomic E-state index is 0.201. The number of hydrogen-bond donors (Lipinski definition) is 1. The van der Waals surface area contributed by atoms with Crippen molar-refractivity contribution in [2.45, 2.75) is 33.0 Å². The van der Waals surface area contributed by atoms with E-state index in [1.54, 1.807) is 21.7 Å². The summed E-state index contributed by atoms with van der Waals surface area (Å²) in [7, 11) is 0. The molecule has 2 heterocycles. The highest BCUT2D eigenvalue weighted by Gasteiger charge is 2.26. The first kappa shape index (κ1) is 21.5. The molecule has 0 saturated carbocycles. The number of ether oxygens (including phenoxy) is 1. The van der Waals surface area contributed by atoms with Crippen molar-refractivity contribution in [3.8, 4) is 5.75 Å². The van der Waals surface area contributed by atoms with Crippen LogP contribution in [0.1, 0.15) is 45.4 Å². The summed E-state index contributed by atoms with van der Waals surface area (Å²) in [6.07, 6.45) is 0.697. The number of nitrogens with zero attached hydrogens (tertiary/aromatic N) is 3. The predicted octanol–water partition coefficient (Wildman–Crippen LogP) is 3.40. The van der Waals surface area contributed by atoms with Gasteiger partial charge in [-0.3, -0.25) is 14.3 Å². The Bertz CT molecular complexity index is 1110. The number of carbonyl (C=O) groups is 2. The number of hydrogen-bond acceptors (Lipinski definition) is 4. The highest BCUT2D eigenvalue weighted by atomic mass is 19.1. The van der Waals surface area contributed by atoms with Crippen LogP contribution in [0.2, 0.25) is 0 Å². The van der Waals surface area contributed by atoms with E-state index in [2.05, 4.69) is 10.4 Å². The third-order valence-corrected chi connectivity index (χ3v) is 5.27. The molecule has 0 fully saturated rings. The van der Waals surface area contributed by atoms with Crippen LogP contribution in [0.5, 0.6) is 5.75 Å². The quantitative estimate of drug-likeness (QED) is 0.616. The van der Waals surface area contributed by atoms with E-state index in [9.17, 15) is 14.0 Å². The van der Waals surface area contributed by atoms with Gasteiger partial charge >= 0.3 is 0 Å². The highest BCUT2D eigenvalue weighted by molar-refractivity contribution is 5.98. The Labute approximate surface area is 185 Å². The first-order valence-corrected chi connectivity index (χ1v) is 10.6. The minimum atomic E-state index is -0.344. The normalized spacial score (nSPS) is 13.4. The average molecular weight is 436 g/mol. The van der Waals surface area contributed by atoms with E-state index in [0.29, 0.717) is 44.9 Å². The SMILES string of the molecule is CCOc1ccc(CNC(=O)c2cc3n(n2)CCCN(Cc2cccc(F)c2)C3=O)cc1.